The van der Waals surface area contributed by atoms with Gasteiger partial charge >= 0.3 is 0 Å². The fourth-order valence-electron chi connectivity index (χ4n) is 1.22. The molecular formula is C7H8N6O. The molecular weight excluding hydrogens is 184 g/mol. The molecule has 1 aliphatic heterocycles. The average molecular weight is 192 g/mol. The fourth-order valence-corrected chi connectivity index (χ4v) is 1.22. The van der Waals surface area contributed by atoms with Crippen LogP contribution in [-0.2, 0) is 5.66 Å². The normalized spacial score (nSPS) is 24.4. The van der Waals surface area contributed by atoms with E-state index in [1.165, 1.54) is 18.5 Å². The van der Waals surface area contributed by atoms with Crippen LogP contribution in [0.25, 0.3) is 0 Å². The van der Waals surface area contributed by atoms with Gasteiger partial charge in [-0.15, -0.1) is 0 Å². The molecule has 0 aromatic carbocycles. The van der Waals surface area contributed by atoms with E-state index in [0.717, 1.165) is 0 Å². The van der Waals surface area contributed by atoms with Crippen LogP contribution in [0.2, 0.25) is 0 Å². The molecule has 1 atom stereocenters. The third-order valence-electron chi connectivity index (χ3n) is 1.90. The number of azo groups is 1. The van der Waals surface area contributed by atoms with E-state index < -0.39 is 11.6 Å². The lowest BCUT2D eigenvalue weighted by Crippen LogP contribution is -2.33. The number of nitrogens with two attached hydrogens (primary N) is 2. The number of rotatable bonds is 2. The Bertz CT molecular complexity index is 419. The molecule has 0 spiro atoms. The summed E-state index contributed by atoms with van der Waals surface area (Å²) in [5.41, 5.74) is 10.3. The van der Waals surface area contributed by atoms with Crippen LogP contribution in [0, 0.1) is 0 Å². The van der Waals surface area contributed by atoms with Gasteiger partial charge in [-0.05, 0) is 6.08 Å². The molecule has 0 saturated heterocycles. The summed E-state index contributed by atoms with van der Waals surface area (Å²) in [6.07, 6.45) is 4.36. The van der Waals surface area contributed by atoms with Gasteiger partial charge in [0.05, 0.1) is 5.56 Å². The summed E-state index contributed by atoms with van der Waals surface area (Å²) in [5, 5.41) is 13.7. The first-order chi connectivity index (χ1) is 6.63. The minimum absolute atomic E-state index is 0.220. The zero-order valence-corrected chi connectivity index (χ0v) is 7.14. The lowest BCUT2D eigenvalue weighted by atomic mass is 10.0. The van der Waals surface area contributed by atoms with Crippen LogP contribution in [0.3, 0.4) is 0 Å². The van der Waals surface area contributed by atoms with Gasteiger partial charge in [0.15, 0.2) is 5.66 Å². The topological polar surface area (TPSA) is 123 Å². The zero-order valence-electron chi connectivity index (χ0n) is 7.14. The van der Waals surface area contributed by atoms with Crippen molar-refractivity contribution in [3.63, 3.8) is 0 Å². The smallest absolute Gasteiger partial charge is 0.252 e. The standard InChI is InChI=1S/C7H8N6O/c8-6(14)4-3-11-12-5(4)7(9)1-2-10-13-7/h1-3H,9H2,(H2,8,14)(H,11,12). The van der Waals surface area contributed by atoms with E-state index >= 15 is 0 Å². The Balaban J connectivity index is 2.51. The number of carbonyl (C=O) groups is 1. The molecule has 0 bridgehead atoms. The van der Waals surface area contributed by atoms with Crippen LogP contribution in [-0.4, -0.2) is 16.1 Å². The van der Waals surface area contributed by atoms with Crippen molar-refractivity contribution in [2.75, 3.05) is 0 Å². The number of amides is 1. The summed E-state index contributed by atoms with van der Waals surface area (Å²) in [4.78, 5) is 11.0. The van der Waals surface area contributed by atoms with Crippen LogP contribution >= 0.6 is 0 Å². The highest BCUT2D eigenvalue weighted by Gasteiger charge is 2.33. The number of primary amides is 1. The van der Waals surface area contributed by atoms with E-state index in [9.17, 15) is 4.79 Å². The van der Waals surface area contributed by atoms with Crippen molar-refractivity contribution >= 4 is 5.91 Å². The summed E-state index contributed by atoms with van der Waals surface area (Å²) in [6, 6.07) is 0. The van der Waals surface area contributed by atoms with E-state index in [1.54, 1.807) is 0 Å². The fraction of sp³-hybridized carbons (Fsp3) is 0.143. The number of nitrogens with one attached hydrogen (secondary N) is 1. The van der Waals surface area contributed by atoms with Gasteiger partial charge in [0.1, 0.15) is 5.69 Å². The first-order valence-electron chi connectivity index (χ1n) is 3.86. The van der Waals surface area contributed by atoms with Gasteiger partial charge in [-0.2, -0.15) is 15.3 Å². The Kier molecular flexibility index (Phi) is 1.68. The summed E-state index contributed by atoms with van der Waals surface area (Å²) < 4.78 is 0. The van der Waals surface area contributed by atoms with Gasteiger partial charge in [-0.25, -0.2) is 0 Å². The molecule has 1 aromatic heterocycles. The Hall–Kier alpha value is -2.02. The van der Waals surface area contributed by atoms with Crippen molar-refractivity contribution in [3.8, 4) is 0 Å². The molecule has 1 amide bonds. The Morgan fingerprint density at radius 2 is 2.36 bits per heavy atom. The van der Waals surface area contributed by atoms with Gasteiger partial charge in [0.2, 0.25) is 0 Å². The predicted molar refractivity (Wildman–Crippen MR) is 47.0 cm³/mol. The van der Waals surface area contributed by atoms with Gasteiger partial charge in [0, 0.05) is 12.4 Å². The molecule has 1 aliphatic rings. The molecule has 1 aromatic rings. The second-order valence-corrected chi connectivity index (χ2v) is 2.87. The third-order valence-corrected chi connectivity index (χ3v) is 1.90. The van der Waals surface area contributed by atoms with E-state index in [1.807, 2.05) is 0 Å². The molecule has 14 heavy (non-hydrogen) atoms. The molecule has 7 heteroatoms. The number of aromatic nitrogens is 2. The minimum atomic E-state index is -1.18. The number of nitrogens with zero attached hydrogens (tertiary/aromatic N) is 3. The maximum absolute atomic E-state index is 11.0. The van der Waals surface area contributed by atoms with Crippen LogP contribution < -0.4 is 11.5 Å². The first-order valence-corrected chi connectivity index (χ1v) is 3.86. The lowest BCUT2D eigenvalue weighted by molar-refractivity contribution is 0.0998. The number of H-pyrrole nitrogens is 1. The molecule has 5 N–H and O–H groups in total. The van der Waals surface area contributed by atoms with Crippen molar-refractivity contribution in [2.45, 2.75) is 5.66 Å². The van der Waals surface area contributed by atoms with E-state index in [0.29, 0.717) is 0 Å². The highest BCUT2D eigenvalue weighted by molar-refractivity contribution is 5.94. The summed E-state index contributed by atoms with van der Waals surface area (Å²) in [5.74, 6) is -0.603. The Morgan fingerprint density at radius 1 is 1.57 bits per heavy atom. The number of hydrogen-bond donors (Lipinski definition) is 3. The monoisotopic (exact) mass is 192 g/mol. The van der Waals surface area contributed by atoms with Crippen molar-refractivity contribution in [2.24, 2.45) is 21.7 Å². The molecule has 0 fully saturated rings. The maximum Gasteiger partial charge on any atom is 0.252 e. The van der Waals surface area contributed by atoms with Gasteiger partial charge in [-0.3, -0.25) is 15.6 Å². The Labute approximate surface area is 78.9 Å². The van der Waals surface area contributed by atoms with Gasteiger partial charge in [-0.1, -0.05) is 0 Å². The highest BCUT2D eigenvalue weighted by atomic mass is 16.1. The highest BCUT2D eigenvalue weighted by Crippen LogP contribution is 2.26. The summed E-state index contributed by atoms with van der Waals surface area (Å²) >= 11 is 0. The van der Waals surface area contributed by atoms with Crippen LogP contribution in [0.15, 0.2) is 28.7 Å². The molecule has 7 nitrogen and oxygen atoms in total. The summed E-state index contributed by atoms with van der Waals surface area (Å²) in [7, 11) is 0. The molecule has 0 aliphatic carbocycles. The maximum atomic E-state index is 11.0. The third kappa shape index (κ3) is 1.11. The van der Waals surface area contributed by atoms with E-state index in [4.69, 9.17) is 11.5 Å². The summed E-state index contributed by atoms with van der Waals surface area (Å²) in [6.45, 7) is 0. The second kappa shape index (κ2) is 2.74. The van der Waals surface area contributed by atoms with Crippen molar-refractivity contribution in [3.05, 3.63) is 29.7 Å². The van der Waals surface area contributed by atoms with Crippen LogP contribution in [0.1, 0.15) is 16.1 Å². The van der Waals surface area contributed by atoms with Gasteiger partial charge < -0.3 is 5.73 Å². The van der Waals surface area contributed by atoms with Crippen LogP contribution in [0.5, 0.6) is 0 Å². The molecule has 2 heterocycles. The molecule has 72 valence electrons. The zero-order chi connectivity index (χ0) is 10.2. The quantitative estimate of drug-likeness (QED) is 0.590. The second-order valence-electron chi connectivity index (χ2n) is 2.87. The first kappa shape index (κ1) is 8.57. The molecule has 0 saturated carbocycles. The van der Waals surface area contributed by atoms with E-state index in [2.05, 4.69) is 20.4 Å². The Morgan fingerprint density at radius 3 is 2.93 bits per heavy atom. The average Bonchev–Trinajstić information content (AvgIpc) is 2.71. The predicted octanol–water partition coefficient (Wildman–Crippen LogP) is -0.400. The van der Waals surface area contributed by atoms with Gasteiger partial charge in [0.25, 0.3) is 5.91 Å². The number of carbonyl (C=O) groups excluding carboxylic acids is 1. The largest absolute Gasteiger partial charge is 0.365 e. The number of hydrogen-bond acceptors (Lipinski definition) is 5. The number of aromatic amines is 1. The van der Waals surface area contributed by atoms with Crippen molar-refractivity contribution in [1.82, 2.24) is 10.2 Å². The minimum Gasteiger partial charge on any atom is -0.365 e. The van der Waals surface area contributed by atoms with Crippen molar-refractivity contribution < 1.29 is 4.79 Å². The molecule has 0 radical (unpaired) electrons. The molecule has 2 rings (SSSR count). The SMILES string of the molecule is NC(=O)c1c[nH]nc1C1(N)C=CN=N1. The van der Waals surface area contributed by atoms with Crippen LogP contribution in [0.4, 0.5) is 0 Å². The lowest BCUT2D eigenvalue weighted by Gasteiger charge is -2.14. The van der Waals surface area contributed by atoms with E-state index in [-0.39, 0.29) is 11.3 Å². The van der Waals surface area contributed by atoms with Crippen molar-refractivity contribution in [1.29, 1.82) is 0 Å². The molecule has 1 unspecified atom stereocenters.